The number of halogens is 1. The minimum atomic E-state index is 0.367. The maximum Gasteiger partial charge on any atom is 0.250 e. The number of morpholine rings is 2. The van der Waals surface area contributed by atoms with Crippen molar-refractivity contribution in [2.24, 2.45) is 5.10 Å². The van der Waals surface area contributed by atoms with E-state index in [-0.39, 0.29) is 0 Å². The van der Waals surface area contributed by atoms with Gasteiger partial charge in [-0.3, -0.25) is 0 Å². The molecule has 0 amide bonds. The highest BCUT2D eigenvalue weighted by Gasteiger charge is 2.20. The lowest BCUT2D eigenvalue weighted by molar-refractivity contribution is 0.121. The first-order chi connectivity index (χ1) is 16.7. The van der Waals surface area contributed by atoms with Crippen molar-refractivity contribution in [3.63, 3.8) is 0 Å². The summed E-state index contributed by atoms with van der Waals surface area (Å²) in [4.78, 5) is 18.0. The maximum atomic E-state index is 6.14. The van der Waals surface area contributed by atoms with Crippen molar-refractivity contribution in [3.05, 3.63) is 46.7 Å². The summed E-state index contributed by atoms with van der Waals surface area (Å²) in [5.74, 6) is 2.90. The molecular formula is C23H26ClN7O3. The molecule has 178 valence electrons. The van der Waals surface area contributed by atoms with E-state index < -0.39 is 0 Å². The Bertz CT molecular complexity index is 1120. The second-order valence-corrected chi connectivity index (χ2v) is 8.43. The number of hydrogen-bond acceptors (Lipinski definition) is 10. The Labute approximate surface area is 202 Å². The second-order valence-electron chi connectivity index (χ2n) is 7.99. The van der Waals surface area contributed by atoms with E-state index in [1.807, 2.05) is 37.3 Å². The first-order valence-corrected chi connectivity index (χ1v) is 11.6. The number of aromatic nitrogens is 3. The molecule has 10 nitrogen and oxygen atoms in total. The largest absolute Gasteiger partial charge is 0.455 e. The van der Waals surface area contributed by atoms with E-state index in [2.05, 4.69) is 30.3 Å². The molecule has 1 aromatic carbocycles. The molecule has 2 fully saturated rings. The van der Waals surface area contributed by atoms with Crippen molar-refractivity contribution in [1.29, 1.82) is 0 Å². The molecule has 0 aliphatic carbocycles. The molecule has 4 heterocycles. The zero-order chi connectivity index (χ0) is 23.3. The lowest BCUT2D eigenvalue weighted by Gasteiger charge is -2.30. The Balaban J connectivity index is 1.34. The van der Waals surface area contributed by atoms with E-state index in [0.717, 1.165) is 43.1 Å². The van der Waals surface area contributed by atoms with Crippen molar-refractivity contribution in [2.75, 3.05) is 67.8 Å². The summed E-state index contributed by atoms with van der Waals surface area (Å²) in [6, 6.07) is 9.47. The Morgan fingerprint density at radius 3 is 2.21 bits per heavy atom. The Hall–Kier alpha value is -3.21. The first-order valence-electron chi connectivity index (χ1n) is 11.2. The van der Waals surface area contributed by atoms with E-state index in [1.165, 1.54) is 0 Å². The van der Waals surface area contributed by atoms with E-state index in [1.54, 1.807) is 6.21 Å². The predicted octanol–water partition coefficient (Wildman–Crippen LogP) is 3.21. The van der Waals surface area contributed by atoms with Crippen molar-refractivity contribution in [2.45, 2.75) is 6.92 Å². The number of ether oxygens (including phenoxy) is 2. The molecule has 34 heavy (non-hydrogen) atoms. The number of rotatable bonds is 6. The molecule has 0 saturated carbocycles. The highest BCUT2D eigenvalue weighted by atomic mass is 35.5. The summed E-state index contributed by atoms with van der Waals surface area (Å²) >= 11 is 6.14. The molecule has 0 radical (unpaired) electrons. The van der Waals surface area contributed by atoms with Gasteiger partial charge in [-0.05, 0) is 36.8 Å². The third-order valence-electron chi connectivity index (χ3n) is 5.65. The van der Waals surface area contributed by atoms with Crippen LogP contribution in [0.2, 0.25) is 5.02 Å². The summed E-state index contributed by atoms with van der Waals surface area (Å²) < 4.78 is 16.9. The van der Waals surface area contributed by atoms with Crippen LogP contribution < -0.4 is 15.2 Å². The monoisotopic (exact) mass is 483 g/mol. The minimum Gasteiger partial charge on any atom is -0.455 e. The van der Waals surface area contributed by atoms with E-state index in [9.17, 15) is 0 Å². The molecule has 5 rings (SSSR count). The summed E-state index contributed by atoms with van der Waals surface area (Å²) in [5.41, 5.74) is 4.96. The molecule has 2 aliphatic heterocycles. The lowest BCUT2D eigenvalue weighted by atomic mass is 10.1. The second kappa shape index (κ2) is 10.4. The number of aryl methyl sites for hydroxylation is 1. The van der Waals surface area contributed by atoms with Gasteiger partial charge in [0, 0.05) is 36.8 Å². The van der Waals surface area contributed by atoms with Gasteiger partial charge in [-0.25, -0.2) is 5.43 Å². The van der Waals surface area contributed by atoms with Gasteiger partial charge in [0.15, 0.2) is 0 Å². The summed E-state index contributed by atoms with van der Waals surface area (Å²) in [5, 5.41) is 4.96. The van der Waals surface area contributed by atoms with Crippen LogP contribution >= 0.6 is 11.6 Å². The fourth-order valence-corrected chi connectivity index (χ4v) is 3.97. The van der Waals surface area contributed by atoms with Crippen LogP contribution in [0.1, 0.15) is 11.3 Å². The van der Waals surface area contributed by atoms with Crippen LogP contribution in [0.5, 0.6) is 0 Å². The van der Waals surface area contributed by atoms with Gasteiger partial charge in [-0.15, -0.1) is 0 Å². The van der Waals surface area contributed by atoms with Crippen LogP contribution in [0, 0.1) is 6.92 Å². The van der Waals surface area contributed by atoms with Crippen LogP contribution in [0.4, 0.5) is 17.8 Å². The van der Waals surface area contributed by atoms with Crippen molar-refractivity contribution in [3.8, 4) is 11.3 Å². The number of furan rings is 1. The molecule has 2 saturated heterocycles. The van der Waals surface area contributed by atoms with Gasteiger partial charge in [-0.2, -0.15) is 20.1 Å². The highest BCUT2D eigenvalue weighted by molar-refractivity contribution is 6.30. The molecule has 2 aliphatic rings. The Morgan fingerprint density at radius 2 is 1.56 bits per heavy atom. The molecule has 1 N–H and O–H groups in total. The van der Waals surface area contributed by atoms with Crippen LogP contribution in [0.15, 0.2) is 39.9 Å². The fourth-order valence-electron chi connectivity index (χ4n) is 3.79. The normalized spacial score (nSPS) is 16.9. The minimum absolute atomic E-state index is 0.367. The van der Waals surface area contributed by atoms with Gasteiger partial charge >= 0.3 is 0 Å². The van der Waals surface area contributed by atoms with Gasteiger partial charge in [0.05, 0.1) is 32.6 Å². The fraction of sp³-hybridized carbons (Fsp3) is 0.391. The third kappa shape index (κ3) is 5.30. The molecule has 0 atom stereocenters. The average Bonchev–Trinajstić information content (AvgIpc) is 3.35. The van der Waals surface area contributed by atoms with Gasteiger partial charge in [-0.1, -0.05) is 17.7 Å². The number of hydrogen-bond donors (Lipinski definition) is 1. The first kappa shape index (κ1) is 22.6. The van der Waals surface area contributed by atoms with Gasteiger partial charge in [0.1, 0.15) is 11.5 Å². The van der Waals surface area contributed by atoms with Crippen LogP contribution in [0.3, 0.4) is 0 Å². The van der Waals surface area contributed by atoms with Crippen LogP contribution in [0.25, 0.3) is 11.3 Å². The summed E-state index contributed by atoms with van der Waals surface area (Å²) in [6.45, 7) is 7.52. The van der Waals surface area contributed by atoms with E-state index in [0.29, 0.717) is 55.1 Å². The summed E-state index contributed by atoms with van der Waals surface area (Å²) in [7, 11) is 0. The number of hydrazone groups is 1. The standard InChI is InChI=1S/C23H26ClN7O3/c1-16-2-3-17(24)14-19(16)20-5-4-18(34-20)15-25-29-21-26-22(30-6-10-32-11-7-30)28-23(27-21)31-8-12-33-13-9-31/h2-5,14-15H,6-13H2,1H3,(H,26,27,28,29). The molecule has 11 heteroatoms. The van der Waals surface area contributed by atoms with E-state index >= 15 is 0 Å². The topological polar surface area (TPSA) is 101 Å². The number of nitrogens with zero attached hydrogens (tertiary/aromatic N) is 6. The van der Waals surface area contributed by atoms with Crippen molar-refractivity contribution >= 4 is 35.7 Å². The van der Waals surface area contributed by atoms with Crippen LogP contribution in [-0.2, 0) is 9.47 Å². The maximum absolute atomic E-state index is 6.14. The lowest BCUT2D eigenvalue weighted by Crippen LogP contribution is -2.40. The van der Waals surface area contributed by atoms with Gasteiger partial charge in [0.25, 0.3) is 0 Å². The van der Waals surface area contributed by atoms with Gasteiger partial charge < -0.3 is 23.7 Å². The zero-order valence-electron chi connectivity index (χ0n) is 18.9. The Kier molecular flexibility index (Phi) is 6.89. The smallest absolute Gasteiger partial charge is 0.250 e. The summed E-state index contributed by atoms with van der Waals surface area (Å²) in [6.07, 6.45) is 1.59. The molecule has 2 aromatic heterocycles. The molecular weight excluding hydrogens is 458 g/mol. The van der Waals surface area contributed by atoms with E-state index in [4.69, 9.17) is 30.5 Å². The van der Waals surface area contributed by atoms with Gasteiger partial charge in [0.2, 0.25) is 17.8 Å². The average molecular weight is 484 g/mol. The molecule has 0 spiro atoms. The predicted molar refractivity (Wildman–Crippen MR) is 131 cm³/mol. The third-order valence-corrected chi connectivity index (χ3v) is 5.88. The Morgan fingerprint density at radius 1 is 0.912 bits per heavy atom. The van der Waals surface area contributed by atoms with Crippen molar-refractivity contribution < 1.29 is 13.9 Å². The quantitative estimate of drug-likeness (QED) is 0.418. The molecule has 0 unspecified atom stereocenters. The van der Waals surface area contributed by atoms with Crippen molar-refractivity contribution in [1.82, 2.24) is 15.0 Å². The molecule has 3 aromatic rings. The number of benzene rings is 1. The highest BCUT2D eigenvalue weighted by Crippen LogP contribution is 2.28. The van der Waals surface area contributed by atoms with Crippen LogP contribution in [-0.4, -0.2) is 73.8 Å². The number of nitrogens with one attached hydrogen (secondary N) is 1. The zero-order valence-corrected chi connectivity index (χ0v) is 19.7. The SMILES string of the molecule is Cc1ccc(Cl)cc1-c1ccc(C=NNc2nc(N3CCOCC3)nc(N3CCOCC3)n2)o1. The molecule has 0 bridgehead atoms. The number of anilines is 3.